The molecular weight excluding hydrogens is 1100 g/mol. The molecule has 0 aromatic heterocycles. The highest BCUT2D eigenvalue weighted by atomic mass is 16.6. The Morgan fingerprint density at radius 3 is 1.27 bits per heavy atom. The van der Waals surface area contributed by atoms with Crippen molar-refractivity contribution in [3.05, 3.63) is 71.8 Å². The number of hydrogen-bond acceptors (Lipinski definition) is 15. The molecule has 0 bridgehead atoms. The van der Waals surface area contributed by atoms with Gasteiger partial charge in [-0.15, -0.1) is 0 Å². The summed E-state index contributed by atoms with van der Waals surface area (Å²) in [4.78, 5) is 130. The third-order valence-corrected chi connectivity index (χ3v) is 16.3. The predicted molar refractivity (Wildman–Crippen MR) is 325 cm³/mol. The van der Waals surface area contributed by atoms with Gasteiger partial charge in [-0.25, -0.2) is 14.4 Å². The van der Waals surface area contributed by atoms with Crippen LogP contribution in [0.15, 0.2) is 60.7 Å². The largest absolute Gasteiger partial charge is 0.480 e. The summed E-state index contributed by atoms with van der Waals surface area (Å²) in [6.07, 6.45) is 10.9. The highest BCUT2D eigenvalue weighted by Gasteiger charge is 2.50. The Bertz CT molecular complexity index is 2560. The molecule has 4 aliphatic carbocycles. The van der Waals surface area contributed by atoms with E-state index >= 15 is 0 Å². The Labute approximate surface area is 510 Å². The summed E-state index contributed by atoms with van der Waals surface area (Å²) in [7, 11) is 6.47. The number of Topliss-reactive ketones (excluding diaryl/α,β-unsaturated/α-hetero) is 2. The number of rotatable bonds is 22. The number of benzene rings is 2. The number of likely N-dealkylation sites (N-methyl/N-ethyl adjacent to an activating group) is 4. The smallest absolute Gasteiger partial charge is 0.408 e. The van der Waals surface area contributed by atoms with Crippen molar-refractivity contribution in [1.82, 2.24) is 30.7 Å². The molecule has 0 saturated heterocycles. The normalized spacial score (nSPS) is 17.6. The second-order valence-electron chi connectivity index (χ2n) is 25.2. The van der Waals surface area contributed by atoms with E-state index in [1.165, 1.54) is 35.6 Å². The Morgan fingerprint density at radius 1 is 0.547 bits per heavy atom. The first kappa shape index (κ1) is 73.4. The van der Waals surface area contributed by atoms with Gasteiger partial charge in [0.2, 0.25) is 17.7 Å². The predicted octanol–water partition coefficient (Wildman–Crippen LogP) is 9.25. The molecule has 21 heteroatoms. The molecule has 21 nitrogen and oxygen atoms in total. The van der Waals surface area contributed by atoms with Gasteiger partial charge in [0.25, 0.3) is 0 Å². The molecule has 2 aromatic carbocycles. The van der Waals surface area contributed by atoms with Crippen molar-refractivity contribution in [2.24, 2.45) is 11.8 Å². The molecule has 4 fully saturated rings. The molecule has 0 unspecified atom stereocenters. The summed E-state index contributed by atoms with van der Waals surface area (Å²) in [6.45, 7) is 13.5. The minimum atomic E-state index is -1.19. The molecule has 4 aliphatic rings. The summed E-state index contributed by atoms with van der Waals surface area (Å²) in [5.74, 6) is -3.27. The lowest BCUT2D eigenvalue weighted by Gasteiger charge is -2.40. The molecule has 0 spiro atoms. The molecule has 4 saturated carbocycles. The van der Waals surface area contributed by atoms with Crippen LogP contribution in [-0.4, -0.2) is 154 Å². The van der Waals surface area contributed by atoms with Crippen LogP contribution >= 0.6 is 0 Å². The van der Waals surface area contributed by atoms with E-state index in [1.54, 1.807) is 62.7 Å². The minimum Gasteiger partial charge on any atom is -0.480 e. The summed E-state index contributed by atoms with van der Waals surface area (Å²) < 4.78 is 21.2. The molecular formula is C65H100N6O15. The van der Waals surface area contributed by atoms with Crippen molar-refractivity contribution in [3.63, 3.8) is 0 Å². The van der Waals surface area contributed by atoms with Crippen LogP contribution in [0.2, 0.25) is 0 Å². The molecule has 0 heterocycles. The quantitative estimate of drug-likeness (QED) is 0.0631. The maximum absolute atomic E-state index is 14.2. The number of carboxylic acids is 1. The zero-order chi connectivity index (χ0) is 63.3. The fourth-order valence-corrected chi connectivity index (χ4v) is 11.8. The fraction of sp³-hybridized carbons (Fsp3) is 0.662. The Morgan fingerprint density at radius 2 is 0.907 bits per heavy atom. The standard InChI is InChI=1S/C32H47N3O7.C18H32N2O4.C14H17NO4.CH4/c1-22(36)25(20-26(37)42-31(2,3)4)34(5)28(38)27(24-16-10-11-17-24)35(6)29(39)32(18-12-13-19-32)33-30(40)41-21-23-14-8-7-9-15-23;1-12(21)14(11-15(22)24-18(2,3)4)20(6)17(23)16(19-5)13-9-7-8-10-13;16-12(17)14(8-4-5-9-14)15-13(18)19-10-11-6-2-1-3-7-11;/h7-9,14-15,24-25,27H,10-13,16-21H2,1-6H3,(H,33,40);13-14,16,19H,7-11H2,1-6H3;1-3,6-7H,4-5,8-10H2,(H,15,18)(H,16,17);1H4/t25-,27-;14-,16-;;/m00../s1. The summed E-state index contributed by atoms with van der Waals surface area (Å²) in [5.41, 5.74) is -1.97. The third-order valence-electron chi connectivity index (χ3n) is 16.3. The molecule has 0 aliphatic heterocycles. The number of nitrogens with zero attached hydrogens (tertiary/aromatic N) is 3. The van der Waals surface area contributed by atoms with Crippen LogP contribution < -0.4 is 16.0 Å². The number of hydrogen-bond donors (Lipinski definition) is 4. The van der Waals surface area contributed by atoms with Gasteiger partial charge in [0.1, 0.15) is 53.6 Å². The van der Waals surface area contributed by atoms with Crippen LogP contribution in [0.1, 0.15) is 190 Å². The van der Waals surface area contributed by atoms with Crippen LogP contribution in [0, 0.1) is 11.8 Å². The van der Waals surface area contributed by atoms with E-state index in [4.69, 9.17) is 18.9 Å². The molecule has 0 radical (unpaired) electrons. The van der Waals surface area contributed by atoms with E-state index in [0.29, 0.717) is 31.6 Å². The number of esters is 2. The van der Waals surface area contributed by atoms with Crippen LogP contribution in [0.3, 0.4) is 0 Å². The number of aliphatic carboxylic acids is 1. The summed E-state index contributed by atoms with van der Waals surface area (Å²) in [5, 5.41) is 17.7. The lowest BCUT2D eigenvalue weighted by atomic mass is 9.90. The second-order valence-corrected chi connectivity index (χ2v) is 25.2. The summed E-state index contributed by atoms with van der Waals surface area (Å²) in [6, 6.07) is 15.6. The number of carbonyl (C=O) groups excluding carboxylic acids is 9. The van der Waals surface area contributed by atoms with Crippen LogP contribution in [-0.2, 0) is 70.5 Å². The van der Waals surface area contributed by atoms with Crippen molar-refractivity contribution < 1.29 is 72.0 Å². The van der Waals surface area contributed by atoms with Crippen LogP contribution in [0.4, 0.5) is 9.59 Å². The molecule has 4 N–H and O–H groups in total. The lowest BCUT2D eigenvalue weighted by molar-refractivity contribution is -0.160. The van der Waals surface area contributed by atoms with E-state index in [0.717, 1.165) is 88.2 Å². The van der Waals surface area contributed by atoms with Crippen molar-refractivity contribution in [2.75, 3.05) is 28.2 Å². The maximum atomic E-state index is 14.2. The third kappa shape index (κ3) is 22.4. The van der Waals surface area contributed by atoms with Gasteiger partial charge in [-0.05, 0) is 137 Å². The van der Waals surface area contributed by atoms with Gasteiger partial charge in [-0.2, -0.15) is 0 Å². The first-order chi connectivity index (χ1) is 39.9. The van der Waals surface area contributed by atoms with Gasteiger partial charge in [-0.1, -0.05) is 119 Å². The van der Waals surface area contributed by atoms with E-state index < -0.39 is 76.4 Å². The van der Waals surface area contributed by atoms with E-state index in [-0.39, 0.29) is 68.8 Å². The van der Waals surface area contributed by atoms with Crippen molar-refractivity contribution in [2.45, 2.75) is 238 Å². The monoisotopic (exact) mass is 1200 g/mol. The number of amides is 5. The SMILES string of the molecule is C.CC(=O)[C@H](CC(=O)OC(C)(C)C)N(C)C(=O)[C@H](C1CCCC1)N(C)C(=O)C1(NC(=O)OCc2ccccc2)CCCC1.CN[C@H](C(=O)N(C)[C@@H](CC(=O)OC(C)(C)C)C(C)=O)C1CCCC1.O=C(NC1(C(=O)O)CCCC1)OCc1ccccc1. The summed E-state index contributed by atoms with van der Waals surface area (Å²) >= 11 is 0. The van der Waals surface area contributed by atoms with Crippen LogP contribution in [0.5, 0.6) is 0 Å². The first-order valence-electron chi connectivity index (χ1n) is 30.1. The number of ketones is 2. The molecule has 6 rings (SSSR count). The highest BCUT2D eigenvalue weighted by Crippen LogP contribution is 2.37. The van der Waals surface area contributed by atoms with Gasteiger partial charge in [0, 0.05) is 21.1 Å². The highest BCUT2D eigenvalue weighted by molar-refractivity contribution is 5.97. The number of carbonyl (C=O) groups is 10. The Kier molecular flexibility index (Phi) is 28.9. The molecule has 5 amide bonds. The van der Waals surface area contributed by atoms with Gasteiger partial charge < -0.3 is 54.7 Å². The van der Waals surface area contributed by atoms with E-state index in [1.807, 2.05) is 60.7 Å². The van der Waals surface area contributed by atoms with E-state index in [9.17, 15) is 53.1 Å². The molecule has 86 heavy (non-hydrogen) atoms. The second kappa shape index (κ2) is 33.9. The number of nitrogens with one attached hydrogen (secondary N) is 3. The fourth-order valence-electron chi connectivity index (χ4n) is 11.8. The topological polar surface area (TPSA) is 274 Å². The minimum absolute atomic E-state index is 0. The van der Waals surface area contributed by atoms with Crippen molar-refractivity contribution in [3.8, 4) is 0 Å². The van der Waals surface area contributed by atoms with Crippen molar-refractivity contribution in [1.29, 1.82) is 0 Å². The van der Waals surface area contributed by atoms with E-state index in [2.05, 4.69) is 16.0 Å². The zero-order valence-corrected chi connectivity index (χ0v) is 52.4. The molecule has 4 atom stereocenters. The number of ether oxygens (including phenoxy) is 4. The average Bonchev–Trinajstić information content (AvgIpc) is 1.71. The Hall–Kier alpha value is -6.90. The van der Waals surface area contributed by atoms with Gasteiger partial charge in [0.05, 0.1) is 18.9 Å². The lowest BCUT2D eigenvalue weighted by Crippen LogP contribution is -2.63. The average molecular weight is 1210 g/mol. The van der Waals surface area contributed by atoms with Crippen molar-refractivity contribution >= 4 is 59.4 Å². The number of alkyl carbamates (subject to hydrolysis) is 2. The van der Waals surface area contributed by atoms with Gasteiger partial charge >= 0.3 is 30.1 Å². The van der Waals surface area contributed by atoms with Gasteiger partial charge in [0.15, 0.2) is 11.6 Å². The van der Waals surface area contributed by atoms with Crippen LogP contribution in [0.25, 0.3) is 0 Å². The maximum Gasteiger partial charge on any atom is 0.408 e. The number of carboxylic acid groups (broad SMARTS) is 1. The molecule has 2 aromatic rings. The van der Waals surface area contributed by atoms with Gasteiger partial charge in [-0.3, -0.25) is 33.6 Å². The Balaban J connectivity index is 0.000000371. The molecule has 480 valence electrons. The first-order valence-corrected chi connectivity index (χ1v) is 30.1. The zero-order valence-electron chi connectivity index (χ0n) is 52.4.